The zero-order valence-corrected chi connectivity index (χ0v) is 8.40. The zero-order chi connectivity index (χ0) is 8.58. The van der Waals surface area contributed by atoms with E-state index in [1.165, 1.54) is 0 Å². The summed E-state index contributed by atoms with van der Waals surface area (Å²) in [4.78, 5) is 9.59. The molecule has 0 saturated carbocycles. The van der Waals surface area contributed by atoms with E-state index >= 15 is 0 Å². The molecule has 0 heterocycles. The van der Waals surface area contributed by atoms with Gasteiger partial charge >= 0.3 is 35.7 Å². The SMILES string of the molecule is CC(O)(C(=O)[O-])C(F)(F)F.O.[Na+]. The molecule has 0 amide bonds. The van der Waals surface area contributed by atoms with Gasteiger partial charge in [0.1, 0.15) is 0 Å². The summed E-state index contributed by atoms with van der Waals surface area (Å²) >= 11 is 0. The van der Waals surface area contributed by atoms with Crippen molar-refractivity contribution in [2.45, 2.75) is 18.7 Å². The predicted molar refractivity (Wildman–Crippen MR) is 25.3 cm³/mol. The topological polar surface area (TPSA) is 91.9 Å². The van der Waals surface area contributed by atoms with Crippen molar-refractivity contribution in [3.63, 3.8) is 0 Å². The molecule has 8 heteroatoms. The molecule has 0 aromatic heterocycles. The van der Waals surface area contributed by atoms with Crippen molar-refractivity contribution in [3.8, 4) is 0 Å². The van der Waals surface area contributed by atoms with Crippen LogP contribution in [0.4, 0.5) is 13.2 Å². The maximum atomic E-state index is 11.4. The van der Waals surface area contributed by atoms with E-state index in [0.29, 0.717) is 0 Å². The van der Waals surface area contributed by atoms with E-state index in [4.69, 9.17) is 5.11 Å². The van der Waals surface area contributed by atoms with Gasteiger partial charge in [-0.3, -0.25) is 0 Å². The van der Waals surface area contributed by atoms with Gasteiger partial charge in [0, 0.05) is 0 Å². The maximum Gasteiger partial charge on any atom is 1.00 e. The third kappa shape index (κ3) is 3.72. The molecule has 0 aromatic carbocycles. The maximum absolute atomic E-state index is 11.4. The number of hydrogen-bond acceptors (Lipinski definition) is 3. The smallest absolute Gasteiger partial charge is 0.547 e. The van der Waals surface area contributed by atoms with E-state index < -0.39 is 17.7 Å². The standard InChI is InChI=1S/C4H5F3O3.Na.H2O/c1-3(10,2(8)9)4(5,6)7;;/h10H,1H3,(H,8,9);;1H2/q;+1;/p-1. The molecule has 12 heavy (non-hydrogen) atoms. The largest absolute Gasteiger partial charge is 1.00 e. The molecular formula is C4H6F3NaO4. The molecular weight excluding hydrogens is 192 g/mol. The number of alkyl halides is 3. The summed E-state index contributed by atoms with van der Waals surface area (Å²) in [6.45, 7) is 0.113. The van der Waals surface area contributed by atoms with Gasteiger partial charge in [-0.1, -0.05) is 0 Å². The normalized spacial score (nSPS) is 15.1. The molecule has 4 nitrogen and oxygen atoms in total. The summed E-state index contributed by atoms with van der Waals surface area (Å²) in [5, 5.41) is 17.7. The number of aliphatic hydroxyl groups is 1. The van der Waals surface area contributed by atoms with Crippen LogP contribution in [0.5, 0.6) is 0 Å². The molecule has 0 aliphatic carbocycles. The van der Waals surface area contributed by atoms with E-state index in [9.17, 15) is 23.1 Å². The summed E-state index contributed by atoms with van der Waals surface area (Å²) < 4.78 is 34.2. The fourth-order valence-corrected chi connectivity index (χ4v) is 0.116. The first-order chi connectivity index (χ1) is 4.19. The molecule has 0 rings (SSSR count). The average Bonchev–Trinajstić information content (AvgIpc) is 1.62. The van der Waals surface area contributed by atoms with Crippen LogP contribution in [0.3, 0.4) is 0 Å². The van der Waals surface area contributed by atoms with Crippen LogP contribution in [-0.4, -0.2) is 28.3 Å². The van der Waals surface area contributed by atoms with Gasteiger partial charge < -0.3 is 20.5 Å². The van der Waals surface area contributed by atoms with Gasteiger partial charge in [-0.05, 0) is 6.92 Å². The third-order valence-corrected chi connectivity index (χ3v) is 0.949. The molecule has 0 radical (unpaired) electrons. The van der Waals surface area contributed by atoms with Crippen LogP contribution in [0, 0.1) is 0 Å². The van der Waals surface area contributed by atoms with Gasteiger partial charge in [-0.15, -0.1) is 0 Å². The molecule has 0 saturated heterocycles. The quantitative estimate of drug-likeness (QED) is 0.428. The fourth-order valence-electron chi connectivity index (χ4n) is 0.116. The van der Waals surface area contributed by atoms with Gasteiger partial charge in [0.25, 0.3) is 0 Å². The number of carboxylic acids is 1. The van der Waals surface area contributed by atoms with Gasteiger partial charge in [-0.25, -0.2) is 0 Å². The molecule has 1 atom stereocenters. The first kappa shape index (κ1) is 18.1. The van der Waals surface area contributed by atoms with Crippen LogP contribution in [-0.2, 0) is 4.79 Å². The minimum absolute atomic E-state index is 0. The van der Waals surface area contributed by atoms with Gasteiger partial charge in [0.2, 0.25) is 0 Å². The van der Waals surface area contributed by atoms with E-state index in [2.05, 4.69) is 0 Å². The molecule has 0 aromatic rings. The Morgan fingerprint density at radius 3 is 1.67 bits per heavy atom. The minimum Gasteiger partial charge on any atom is -0.547 e. The van der Waals surface area contributed by atoms with Gasteiger partial charge in [0.05, 0.1) is 5.97 Å². The second kappa shape index (κ2) is 5.03. The van der Waals surface area contributed by atoms with Crippen LogP contribution in [0.25, 0.3) is 0 Å². The number of carboxylic acid groups (broad SMARTS) is 1. The second-order valence-electron chi connectivity index (χ2n) is 1.86. The van der Waals surface area contributed by atoms with Crippen molar-refractivity contribution in [2.75, 3.05) is 0 Å². The summed E-state index contributed by atoms with van der Waals surface area (Å²) in [5.41, 5.74) is -3.76. The van der Waals surface area contributed by atoms with Crippen LogP contribution in [0.1, 0.15) is 6.92 Å². The number of rotatable bonds is 1. The third-order valence-electron chi connectivity index (χ3n) is 0.949. The van der Waals surface area contributed by atoms with Crippen molar-refractivity contribution in [3.05, 3.63) is 0 Å². The Morgan fingerprint density at radius 1 is 1.42 bits per heavy atom. The predicted octanol–water partition coefficient (Wildman–Crippen LogP) is -4.77. The number of hydrogen-bond donors (Lipinski definition) is 1. The van der Waals surface area contributed by atoms with Crippen molar-refractivity contribution < 1.29 is 63.2 Å². The first-order valence-electron chi connectivity index (χ1n) is 2.20. The molecule has 0 aliphatic rings. The Bertz CT molecular complexity index is 155. The van der Waals surface area contributed by atoms with Crippen LogP contribution in [0.2, 0.25) is 0 Å². The number of carbonyl (C=O) groups excluding carboxylic acids is 1. The van der Waals surface area contributed by atoms with Crippen LogP contribution < -0.4 is 34.7 Å². The Labute approximate surface area is 88.0 Å². The van der Waals surface area contributed by atoms with Crippen molar-refractivity contribution >= 4 is 5.97 Å². The molecule has 1 unspecified atom stereocenters. The number of carbonyl (C=O) groups is 1. The molecule has 3 N–H and O–H groups in total. The summed E-state index contributed by atoms with van der Waals surface area (Å²) in [5.74, 6) is -2.56. The van der Waals surface area contributed by atoms with Crippen molar-refractivity contribution in [1.82, 2.24) is 0 Å². The minimum atomic E-state index is -5.19. The first-order valence-corrected chi connectivity index (χ1v) is 2.20. The van der Waals surface area contributed by atoms with Crippen molar-refractivity contribution in [1.29, 1.82) is 0 Å². The monoisotopic (exact) mass is 198 g/mol. The molecule has 0 fully saturated rings. The molecule has 68 valence electrons. The fraction of sp³-hybridized carbons (Fsp3) is 0.750. The van der Waals surface area contributed by atoms with Gasteiger partial charge in [0.15, 0.2) is 5.60 Å². The van der Waals surface area contributed by atoms with E-state index in [1.54, 1.807) is 0 Å². The van der Waals surface area contributed by atoms with E-state index in [1.807, 2.05) is 0 Å². The van der Waals surface area contributed by atoms with Crippen LogP contribution in [0.15, 0.2) is 0 Å². The summed E-state index contributed by atoms with van der Waals surface area (Å²) in [7, 11) is 0. The Morgan fingerprint density at radius 2 is 1.67 bits per heavy atom. The number of aliphatic carboxylic acids is 1. The molecule has 0 spiro atoms. The molecule has 0 aliphatic heterocycles. The second-order valence-corrected chi connectivity index (χ2v) is 1.86. The Kier molecular flexibility index (Phi) is 7.57. The summed E-state index contributed by atoms with van der Waals surface area (Å²) in [6, 6.07) is 0. The Hall–Kier alpha value is 0.180. The van der Waals surface area contributed by atoms with Crippen molar-refractivity contribution in [2.24, 2.45) is 0 Å². The van der Waals surface area contributed by atoms with Gasteiger partial charge in [-0.2, -0.15) is 13.2 Å². The number of halogens is 3. The summed E-state index contributed by atoms with van der Waals surface area (Å²) in [6.07, 6.45) is -5.19. The van der Waals surface area contributed by atoms with Crippen LogP contribution >= 0.6 is 0 Å². The van der Waals surface area contributed by atoms with E-state index in [0.717, 1.165) is 0 Å². The Balaban J connectivity index is -0.000000405. The molecule has 0 bridgehead atoms. The van der Waals surface area contributed by atoms with E-state index in [-0.39, 0.29) is 42.0 Å². The zero-order valence-electron chi connectivity index (χ0n) is 6.40. The average molecular weight is 198 g/mol.